The Morgan fingerprint density at radius 3 is 1.25 bits per heavy atom. The molecule has 772 valence electrons. The highest BCUT2D eigenvalue weighted by Gasteiger charge is 2.61. The van der Waals surface area contributed by atoms with Crippen LogP contribution in [0, 0.1) is 71.0 Å². The van der Waals surface area contributed by atoms with E-state index < -0.39 is 66.6 Å². The smallest absolute Gasteiger partial charge is 0.190 e. The molecule has 0 saturated carbocycles. The number of rotatable bonds is 14. The molecule has 0 aromatic heterocycles. The maximum Gasteiger partial charge on any atom is 0.190 e. The second kappa shape index (κ2) is 50.5. The molecular formula is C107H170O27S2. The van der Waals surface area contributed by atoms with Crippen molar-refractivity contribution in [1.82, 2.24) is 0 Å². The molecule has 14 saturated heterocycles. The van der Waals surface area contributed by atoms with Gasteiger partial charge in [0.15, 0.2) is 36.2 Å². The number of hydrogen-bond acceptors (Lipinski definition) is 29. The minimum absolute atomic E-state index is 0.0177. The van der Waals surface area contributed by atoms with Gasteiger partial charge < -0.3 is 130 Å². The zero-order valence-electron chi connectivity index (χ0n) is 85.7. The average molecular weight is 1950 g/mol. The molecule has 14 heterocycles. The van der Waals surface area contributed by atoms with Crippen LogP contribution in [-0.2, 0) is 113 Å². The number of hydrogen-bond donors (Lipinski definition) is 8. The fraction of sp³-hybridized carbons (Fsp3) is 0.776. The van der Waals surface area contributed by atoms with Gasteiger partial charge in [-0.15, -0.1) is 0 Å². The molecule has 29 heteroatoms. The molecule has 27 nitrogen and oxygen atoms in total. The molecule has 6 N–H and O–H groups in total. The number of fused-ring (bicyclic) bond motifs is 6. The summed E-state index contributed by atoms with van der Waals surface area (Å²) in [5.74, 6) is 4.49. The summed E-state index contributed by atoms with van der Waals surface area (Å²) in [7, 11) is 0. The molecule has 0 radical (unpaired) electrons. The highest BCUT2D eigenvalue weighted by atomic mass is 32.1. The quantitative estimate of drug-likeness (QED) is 0.0544. The van der Waals surface area contributed by atoms with E-state index in [0.29, 0.717) is 106 Å². The standard InChI is InChI=1S/C16H24O3.C16H24O2S.2C15H20O4.C13H22O5.C12H20O6.C10H20O2.C10H20OS/c1-11-12(2)16(17)15(19-13(11)3)10-18-9-14-7-5-4-6-8-14;1-11-12(2)16(19)15(18-13(11)3)10-17-9-14-7-5-4-6-8-14;1-9-13(16)10(2)18-12-8-17-15(19-14(9)12)11-6-4-3-5-7-11;1-9-10(2)18-12-8-17-15(19-14(12)13(9)16)11-6-4-3-5-7-11;1-12(2)5-7-9(16-12)11-10(8(6-14)15-7)17-13(3,4)18-11;1-11(2)14-5-6(16-11)8-7(13)9-10(15-8)18-12(3,4)17-9;1-6-7(2)9(4)12-10(5-11)8(6)3;1-6-7(2)9(4)11-10(5-12)8(6)3/h4-8,11-13,15-17H,9-10H2,1-3H3;4-8,11-13,15-16,19H,9-10H2,1-3H3;2*3-7,9-10,12-16H,8H2,1-2H3;7-11,14H,5-6H2,1-4H3;6-10,13H,5H2,1-4H3;6-11H,5H2,1-4H3;6-10,12H,5H2,1-4H3/t2*11?,12-,13-,15?,16+;9-,10-,12?,13?,14+,15?;9?,10-,12?,13-,14-,15?;7-,8?,9?,10+,11-;6-,7+,8-,9-,10-;2*6-,7?,8+,9-,10?/m11111111/s1. The van der Waals surface area contributed by atoms with E-state index in [1.54, 1.807) is 13.8 Å². The Balaban J connectivity index is 0.000000150. The van der Waals surface area contributed by atoms with Gasteiger partial charge in [-0.1, -0.05) is 204 Å². The zero-order chi connectivity index (χ0) is 99.3. The molecule has 136 heavy (non-hydrogen) atoms. The van der Waals surface area contributed by atoms with Crippen LogP contribution in [0.25, 0.3) is 0 Å². The van der Waals surface area contributed by atoms with Crippen molar-refractivity contribution in [3.63, 3.8) is 0 Å². The summed E-state index contributed by atoms with van der Waals surface area (Å²) in [5, 5.41) is 59.7. The van der Waals surface area contributed by atoms with Gasteiger partial charge in [-0.2, -0.15) is 25.3 Å². The number of aliphatic hydroxyl groups excluding tert-OH is 6. The molecule has 42 atom stereocenters. The van der Waals surface area contributed by atoms with Gasteiger partial charge in [0.25, 0.3) is 0 Å². The number of benzene rings is 4. The van der Waals surface area contributed by atoms with Crippen LogP contribution in [-0.4, -0.2) is 276 Å². The topological polar surface area (TPSA) is 315 Å². The first-order valence-corrected chi connectivity index (χ1v) is 51.5. The molecule has 14 aliphatic rings. The Hall–Kier alpha value is -3.50. The summed E-state index contributed by atoms with van der Waals surface area (Å²) in [6, 6.07) is 39.9. The van der Waals surface area contributed by atoms with Crippen molar-refractivity contribution in [2.24, 2.45) is 71.0 Å². The second-order valence-corrected chi connectivity index (χ2v) is 43.7. The molecule has 4 aromatic rings. The SMILES string of the molecule is CC1(C)C[C@H]2OC(CO)[C@@H]3OC(C)(C)O[C@@H]3C2O1.CC1(C)O[C@H]2O[C@H]([C@H]3COC(C)(C)O3)[C@H](O)[C@H]2O1.CC1[C@@H](C)[C@H](C)C(CO)O[C@@H]1C.CC1[C@@H](C)[C@H](C)C(CS)O[C@@H]1C.CC1[C@@H](C)[C@H](O)C(COCc2ccccc2)O[C@@H]1C.CC1[C@@H](C)[C@H](S)C(COCc2ccccc2)O[C@@H]1C.CC1[C@@H](O)[C@@H]2OC(c3ccccc3)OCC2O[C@@H]1C.C[C@@H]1C(O)[C@@H](C)OC2COC(c3ccccc3)O[C@H]21. The lowest BCUT2D eigenvalue weighted by Crippen LogP contribution is -2.57. The van der Waals surface area contributed by atoms with Crippen LogP contribution >= 0.6 is 25.3 Å². The third-order valence-corrected chi connectivity index (χ3v) is 32.4. The van der Waals surface area contributed by atoms with Crippen molar-refractivity contribution < 1.29 is 130 Å². The highest BCUT2D eigenvalue weighted by molar-refractivity contribution is 7.81. The van der Waals surface area contributed by atoms with Gasteiger partial charge in [0.1, 0.15) is 73.2 Å². The minimum atomic E-state index is -0.765. The van der Waals surface area contributed by atoms with E-state index in [9.17, 15) is 25.5 Å². The lowest BCUT2D eigenvalue weighted by Gasteiger charge is -2.46. The van der Waals surface area contributed by atoms with Crippen molar-refractivity contribution in [3.05, 3.63) is 144 Å². The number of thiol groups is 2. The van der Waals surface area contributed by atoms with Crippen LogP contribution in [0.5, 0.6) is 0 Å². The van der Waals surface area contributed by atoms with Crippen molar-refractivity contribution in [3.8, 4) is 0 Å². The Morgan fingerprint density at radius 2 is 0.743 bits per heavy atom. The van der Waals surface area contributed by atoms with Crippen molar-refractivity contribution in [2.45, 2.75) is 405 Å². The molecule has 0 spiro atoms. The lowest BCUT2D eigenvalue weighted by molar-refractivity contribution is -0.318. The summed E-state index contributed by atoms with van der Waals surface area (Å²) in [6.45, 7) is 57.4. The Kier molecular flexibility index (Phi) is 41.9. The van der Waals surface area contributed by atoms with E-state index in [1.165, 1.54) is 5.56 Å². The molecular weight excluding hydrogens is 1780 g/mol. The van der Waals surface area contributed by atoms with E-state index in [-0.39, 0.29) is 158 Å². The molecule has 14 aliphatic heterocycles. The zero-order valence-corrected chi connectivity index (χ0v) is 87.5. The molecule has 4 aromatic carbocycles. The average Bonchev–Trinajstić information content (AvgIpc) is 1.59. The van der Waals surface area contributed by atoms with Crippen LogP contribution < -0.4 is 0 Å². The molecule has 14 fully saturated rings. The Morgan fingerprint density at radius 1 is 0.316 bits per heavy atom. The fourth-order valence-electron chi connectivity index (χ4n) is 20.7. The maximum atomic E-state index is 10.3. The predicted molar refractivity (Wildman–Crippen MR) is 523 cm³/mol. The predicted octanol–water partition coefficient (Wildman–Crippen LogP) is 15.4. The van der Waals surface area contributed by atoms with E-state index in [4.69, 9.17) is 117 Å². The first-order chi connectivity index (χ1) is 64.2. The monoisotopic (exact) mass is 1950 g/mol. The minimum Gasteiger partial charge on any atom is -0.394 e. The van der Waals surface area contributed by atoms with Gasteiger partial charge in [-0.3, -0.25) is 0 Å². The van der Waals surface area contributed by atoms with Crippen molar-refractivity contribution in [2.75, 3.05) is 52.0 Å². The van der Waals surface area contributed by atoms with Crippen LogP contribution in [0.4, 0.5) is 0 Å². The normalized spacial score (nSPS) is 43.5. The third-order valence-electron chi connectivity index (χ3n) is 31.2. The van der Waals surface area contributed by atoms with Gasteiger partial charge in [0, 0.05) is 40.4 Å². The van der Waals surface area contributed by atoms with E-state index in [2.05, 4.69) is 136 Å². The largest absolute Gasteiger partial charge is 0.394 e. The lowest BCUT2D eigenvalue weighted by atomic mass is 9.77. The van der Waals surface area contributed by atoms with Gasteiger partial charge in [0.2, 0.25) is 0 Å². The van der Waals surface area contributed by atoms with Crippen LogP contribution in [0.15, 0.2) is 121 Å². The van der Waals surface area contributed by atoms with Gasteiger partial charge >= 0.3 is 0 Å². The van der Waals surface area contributed by atoms with E-state index >= 15 is 0 Å². The second-order valence-electron chi connectivity index (χ2n) is 42.7. The van der Waals surface area contributed by atoms with Crippen LogP contribution in [0.1, 0.15) is 221 Å². The van der Waals surface area contributed by atoms with Crippen LogP contribution in [0.2, 0.25) is 0 Å². The van der Waals surface area contributed by atoms with E-state index in [1.807, 2.05) is 165 Å². The number of ether oxygens (including phenoxy) is 21. The highest BCUT2D eigenvalue weighted by Crippen LogP contribution is 2.48. The molecule has 0 amide bonds. The summed E-state index contributed by atoms with van der Waals surface area (Å²) in [6.07, 6.45) is -4.22. The fourth-order valence-corrected chi connectivity index (χ4v) is 21.5. The Bertz CT molecular complexity index is 3880. The third kappa shape index (κ3) is 29.3. The first kappa shape index (κ1) is 113. The van der Waals surface area contributed by atoms with Gasteiger partial charge in [0.05, 0.1) is 151 Å². The van der Waals surface area contributed by atoms with Crippen LogP contribution in [0.3, 0.4) is 0 Å². The van der Waals surface area contributed by atoms with Gasteiger partial charge in [-0.25, -0.2) is 0 Å². The van der Waals surface area contributed by atoms with Crippen molar-refractivity contribution in [1.29, 1.82) is 0 Å². The van der Waals surface area contributed by atoms with Gasteiger partial charge in [-0.05, 0) is 167 Å². The maximum absolute atomic E-state index is 10.3. The molecule has 0 aliphatic carbocycles. The molecule has 0 bridgehead atoms. The molecule has 16 unspecified atom stereocenters. The molecule has 18 rings (SSSR count). The Labute approximate surface area is 822 Å². The summed E-state index contributed by atoms with van der Waals surface area (Å²) < 4.78 is 122. The number of aliphatic hydroxyl groups is 6. The van der Waals surface area contributed by atoms with E-state index in [0.717, 1.165) is 34.8 Å². The summed E-state index contributed by atoms with van der Waals surface area (Å²) >= 11 is 9.02. The van der Waals surface area contributed by atoms with Crippen molar-refractivity contribution >= 4 is 25.3 Å². The summed E-state index contributed by atoms with van der Waals surface area (Å²) in [5.41, 5.74) is 4.10. The first-order valence-electron chi connectivity index (χ1n) is 50.3. The summed E-state index contributed by atoms with van der Waals surface area (Å²) in [4.78, 5) is 0.